The van der Waals surface area contributed by atoms with Gasteiger partial charge in [0.05, 0.1) is 32.4 Å². The number of hydrogen-bond donors (Lipinski definition) is 4. The summed E-state index contributed by atoms with van der Waals surface area (Å²) >= 11 is 1.90. The van der Waals surface area contributed by atoms with Gasteiger partial charge in [-0.25, -0.2) is 4.79 Å². The number of amides is 4. The summed E-state index contributed by atoms with van der Waals surface area (Å²) in [6, 6.07) is 0.405. The monoisotopic (exact) mass is 544 g/mol. The minimum absolute atomic E-state index is 0.00226. The zero-order valence-electron chi connectivity index (χ0n) is 22.0. The molecule has 2 fully saturated rings. The number of esters is 1. The van der Waals surface area contributed by atoms with E-state index in [-0.39, 0.29) is 35.9 Å². The van der Waals surface area contributed by atoms with E-state index in [0.717, 1.165) is 50.7 Å². The van der Waals surface area contributed by atoms with Crippen LogP contribution in [0.3, 0.4) is 0 Å². The van der Waals surface area contributed by atoms with Crippen molar-refractivity contribution < 1.29 is 33.4 Å². The van der Waals surface area contributed by atoms with Crippen molar-refractivity contribution >= 4 is 35.6 Å². The SMILES string of the molecule is COC(=O)CCCCOCCNC(=O)CCCCOCCNC(=O)CCCCC1SC[C@@H]2NC(=O)N[C@H]12. The summed E-state index contributed by atoms with van der Waals surface area (Å²) < 4.78 is 15.5. The van der Waals surface area contributed by atoms with Gasteiger partial charge in [-0.05, 0) is 38.5 Å². The minimum atomic E-state index is -0.209. The van der Waals surface area contributed by atoms with Crippen molar-refractivity contribution in [2.75, 3.05) is 52.4 Å². The molecule has 3 atom stereocenters. The molecule has 2 heterocycles. The normalized spacial score (nSPS) is 20.1. The molecule has 1 unspecified atom stereocenters. The molecule has 12 heteroatoms. The number of carbonyl (C=O) groups is 4. The molecule has 37 heavy (non-hydrogen) atoms. The third-order valence-corrected chi connectivity index (χ3v) is 7.82. The van der Waals surface area contributed by atoms with Crippen LogP contribution < -0.4 is 21.3 Å². The topological polar surface area (TPSA) is 144 Å². The van der Waals surface area contributed by atoms with Gasteiger partial charge in [0.25, 0.3) is 0 Å². The van der Waals surface area contributed by atoms with Gasteiger partial charge in [0.2, 0.25) is 11.8 Å². The van der Waals surface area contributed by atoms with Crippen LogP contribution in [0.4, 0.5) is 4.79 Å². The van der Waals surface area contributed by atoms with Crippen molar-refractivity contribution in [2.45, 2.75) is 81.5 Å². The largest absolute Gasteiger partial charge is 0.469 e. The predicted molar refractivity (Wildman–Crippen MR) is 141 cm³/mol. The summed E-state index contributed by atoms with van der Waals surface area (Å²) in [7, 11) is 1.38. The molecule has 0 aromatic carbocycles. The Morgan fingerprint density at radius 2 is 1.43 bits per heavy atom. The number of fused-ring (bicyclic) bond motifs is 1. The first-order valence-electron chi connectivity index (χ1n) is 13.4. The highest BCUT2D eigenvalue weighted by Gasteiger charge is 2.42. The predicted octanol–water partition coefficient (Wildman–Crippen LogP) is 1.49. The zero-order valence-corrected chi connectivity index (χ0v) is 22.8. The molecule has 2 rings (SSSR count). The van der Waals surface area contributed by atoms with Crippen LogP contribution >= 0.6 is 11.8 Å². The van der Waals surface area contributed by atoms with Gasteiger partial charge >= 0.3 is 12.0 Å². The molecule has 0 bridgehead atoms. The highest BCUT2D eigenvalue weighted by Crippen LogP contribution is 2.33. The summed E-state index contributed by atoms with van der Waals surface area (Å²) in [6.45, 7) is 3.00. The van der Waals surface area contributed by atoms with Crippen LogP contribution in [0.5, 0.6) is 0 Å². The van der Waals surface area contributed by atoms with Gasteiger partial charge in [0.15, 0.2) is 0 Å². The molecule has 4 N–H and O–H groups in total. The summed E-state index contributed by atoms with van der Waals surface area (Å²) in [5, 5.41) is 12.1. The van der Waals surface area contributed by atoms with Gasteiger partial charge in [-0.3, -0.25) is 14.4 Å². The molecule has 0 aromatic heterocycles. The third-order valence-electron chi connectivity index (χ3n) is 6.31. The van der Waals surface area contributed by atoms with Crippen LogP contribution in [0.1, 0.15) is 64.2 Å². The van der Waals surface area contributed by atoms with Crippen LogP contribution in [0.2, 0.25) is 0 Å². The van der Waals surface area contributed by atoms with Crippen molar-refractivity contribution in [1.82, 2.24) is 21.3 Å². The second kappa shape index (κ2) is 19.1. The maximum absolute atomic E-state index is 12.0. The lowest BCUT2D eigenvalue weighted by molar-refractivity contribution is -0.140. The first kappa shape index (κ1) is 31.2. The van der Waals surface area contributed by atoms with Crippen molar-refractivity contribution in [2.24, 2.45) is 0 Å². The first-order valence-corrected chi connectivity index (χ1v) is 14.5. The summed E-state index contributed by atoms with van der Waals surface area (Å²) in [5.74, 6) is 0.787. The number of unbranched alkanes of at least 4 members (excludes halogenated alkanes) is 3. The molecule has 2 aliphatic rings. The van der Waals surface area contributed by atoms with Crippen LogP contribution in [-0.4, -0.2) is 93.5 Å². The number of hydrogen-bond acceptors (Lipinski definition) is 8. The van der Waals surface area contributed by atoms with E-state index in [1.807, 2.05) is 11.8 Å². The molecular weight excluding hydrogens is 500 g/mol. The highest BCUT2D eigenvalue weighted by molar-refractivity contribution is 8.00. The quantitative estimate of drug-likeness (QED) is 0.0967. The second-order valence-corrected chi connectivity index (χ2v) is 10.6. The Bertz CT molecular complexity index is 713. The third kappa shape index (κ3) is 13.9. The number of rotatable bonds is 21. The average molecular weight is 545 g/mol. The van der Waals surface area contributed by atoms with E-state index in [4.69, 9.17) is 9.47 Å². The fraction of sp³-hybridized carbons (Fsp3) is 0.840. The average Bonchev–Trinajstić information content (AvgIpc) is 3.43. The maximum atomic E-state index is 12.0. The Morgan fingerprint density at radius 1 is 0.838 bits per heavy atom. The van der Waals surface area contributed by atoms with Gasteiger partial charge in [-0.1, -0.05) is 6.42 Å². The Hall–Kier alpha value is -2.05. The number of urea groups is 1. The lowest BCUT2D eigenvalue weighted by Crippen LogP contribution is -2.36. The lowest BCUT2D eigenvalue weighted by atomic mass is 10.0. The number of nitrogens with one attached hydrogen (secondary N) is 4. The molecule has 0 radical (unpaired) electrons. The van der Waals surface area contributed by atoms with Gasteiger partial charge < -0.3 is 35.5 Å². The Balaban J connectivity index is 1.29. The Kier molecular flexibility index (Phi) is 16.1. The van der Waals surface area contributed by atoms with E-state index in [2.05, 4.69) is 26.0 Å². The number of carbonyl (C=O) groups excluding carboxylic acids is 4. The molecule has 11 nitrogen and oxygen atoms in total. The van der Waals surface area contributed by atoms with Gasteiger partial charge in [-0.15, -0.1) is 0 Å². The van der Waals surface area contributed by atoms with E-state index < -0.39 is 0 Å². The van der Waals surface area contributed by atoms with Crippen LogP contribution in [0.15, 0.2) is 0 Å². The molecular formula is C25H44N4O7S. The zero-order chi connectivity index (χ0) is 26.7. The second-order valence-electron chi connectivity index (χ2n) is 9.28. The van der Waals surface area contributed by atoms with Crippen LogP contribution in [0, 0.1) is 0 Å². The maximum Gasteiger partial charge on any atom is 0.315 e. The van der Waals surface area contributed by atoms with Gasteiger partial charge in [-0.2, -0.15) is 11.8 Å². The molecule has 0 aliphatic carbocycles. The molecule has 0 saturated carbocycles. The number of methoxy groups -OCH3 is 1. The van der Waals surface area contributed by atoms with Crippen LogP contribution in [0.25, 0.3) is 0 Å². The molecule has 0 aromatic rings. The van der Waals surface area contributed by atoms with E-state index in [0.29, 0.717) is 64.0 Å². The number of ether oxygens (including phenoxy) is 3. The van der Waals surface area contributed by atoms with Crippen molar-refractivity contribution in [1.29, 1.82) is 0 Å². The van der Waals surface area contributed by atoms with Crippen molar-refractivity contribution in [3.05, 3.63) is 0 Å². The molecule has 2 saturated heterocycles. The van der Waals surface area contributed by atoms with E-state index in [1.165, 1.54) is 7.11 Å². The van der Waals surface area contributed by atoms with Crippen molar-refractivity contribution in [3.63, 3.8) is 0 Å². The van der Waals surface area contributed by atoms with Gasteiger partial charge in [0.1, 0.15) is 0 Å². The fourth-order valence-corrected chi connectivity index (χ4v) is 5.79. The summed E-state index contributed by atoms with van der Waals surface area (Å²) in [4.78, 5) is 46.2. The van der Waals surface area contributed by atoms with Crippen molar-refractivity contribution in [3.8, 4) is 0 Å². The fourth-order valence-electron chi connectivity index (χ4n) is 4.25. The van der Waals surface area contributed by atoms with Crippen LogP contribution in [-0.2, 0) is 28.6 Å². The molecule has 0 spiro atoms. The Morgan fingerprint density at radius 3 is 2.05 bits per heavy atom. The Labute approximate surface area is 224 Å². The van der Waals surface area contributed by atoms with E-state index in [9.17, 15) is 19.2 Å². The number of thioether (sulfide) groups is 1. The lowest BCUT2D eigenvalue weighted by Gasteiger charge is -2.16. The van der Waals surface area contributed by atoms with Gasteiger partial charge in [0, 0.05) is 56.6 Å². The first-order chi connectivity index (χ1) is 18.0. The minimum Gasteiger partial charge on any atom is -0.469 e. The molecule has 212 valence electrons. The highest BCUT2D eigenvalue weighted by atomic mass is 32.2. The standard InChI is InChI=1S/C25H44N4O7S/c1-34-23(32)11-5-7-15-36-17-13-27-22(31)10-4-6-14-35-16-12-26-21(30)9-3-2-8-20-24-19(18-37-20)28-25(33)29-24/h19-20,24H,2-18H2,1H3,(H,26,30)(H,27,31)(H2,28,29,33)/t19-,20?,24-/m0/s1. The van der Waals surface area contributed by atoms with E-state index >= 15 is 0 Å². The summed E-state index contributed by atoms with van der Waals surface area (Å²) in [6.07, 6.45) is 7.22. The van der Waals surface area contributed by atoms with E-state index in [1.54, 1.807) is 0 Å². The molecule has 2 aliphatic heterocycles. The smallest absolute Gasteiger partial charge is 0.315 e. The molecule has 4 amide bonds. The summed E-state index contributed by atoms with van der Waals surface area (Å²) in [5.41, 5.74) is 0.